The number of benzene rings is 1. The highest BCUT2D eigenvalue weighted by Crippen LogP contribution is 2.11. The van der Waals surface area contributed by atoms with Gasteiger partial charge in [-0.15, -0.1) is 0 Å². The standard InChI is InChI=1S/C14H21NO2/c1-4-15(5-2)11-13(16)10-12-6-8-14(17-3)9-7-12/h6-9H,4-5,10-11H2,1-3H3. The van der Waals surface area contributed by atoms with Crippen molar-refractivity contribution in [3.63, 3.8) is 0 Å². The van der Waals surface area contributed by atoms with Crippen molar-refractivity contribution in [1.29, 1.82) is 0 Å². The van der Waals surface area contributed by atoms with E-state index in [4.69, 9.17) is 4.74 Å². The quantitative estimate of drug-likeness (QED) is 0.725. The van der Waals surface area contributed by atoms with E-state index in [1.54, 1.807) is 7.11 Å². The summed E-state index contributed by atoms with van der Waals surface area (Å²) in [4.78, 5) is 14.0. The maximum absolute atomic E-state index is 11.8. The molecule has 1 aromatic carbocycles. The Morgan fingerprint density at radius 3 is 2.24 bits per heavy atom. The number of methoxy groups -OCH3 is 1. The van der Waals surface area contributed by atoms with Gasteiger partial charge >= 0.3 is 0 Å². The normalized spacial score (nSPS) is 10.6. The fourth-order valence-electron chi connectivity index (χ4n) is 1.72. The Morgan fingerprint density at radius 1 is 1.18 bits per heavy atom. The number of hydrogen-bond acceptors (Lipinski definition) is 3. The highest BCUT2D eigenvalue weighted by Gasteiger charge is 2.08. The van der Waals surface area contributed by atoms with Gasteiger partial charge in [0.25, 0.3) is 0 Å². The van der Waals surface area contributed by atoms with Gasteiger partial charge in [0.05, 0.1) is 13.7 Å². The average molecular weight is 235 g/mol. The first-order valence-electron chi connectivity index (χ1n) is 6.06. The maximum Gasteiger partial charge on any atom is 0.151 e. The fourth-order valence-corrected chi connectivity index (χ4v) is 1.72. The van der Waals surface area contributed by atoms with E-state index in [9.17, 15) is 4.79 Å². The first-order valence-corrected chi connectivity index (χ1v) is 6.06. The van der Waals surface area contributed by atoms with E-state index in [0.717, 1.165) is 24.4 Å². The Labute approximate surface area is 103 Å². The summed E-state index contributed by atoms with van der Waals surface area (Å²) in [7, 11) is 1.64. The Bertz CT molecular complexity index is 342. The lowest BCUT2D eigenvalue weighted by Crippen LogP contribution is -2.30. The van der Waals surface area contributed by atoms with Crippen LogP contribution in [0.4, 0.5) is 0 Å². The molecule has 0 spiro atoms. The third kappa shape index (κ3) is 4.57. The lowest BCUT2D eigenvalue weighted by atomic mass is 10.1. The highest BCUT2D eigenvalue weighted by molar-refractivity contribution is 5.82. The summed E-state index contributed by atoms with van der Waals surface area (Å²) in [6.45, 7) is 6.53. The summed E-state index contributed by atoms with van der Waals surface area (Å²) in [5, 5.41) is 0. The molecular weight excluding hydrogens is 214 g/mol. The van der Waals surface area contributed by atoms with E-state index in [2.05, 4.69) is 18.7 Å². The van der Waals surface area contributed by atoms with E-state index >= 15 is 0 Å². The van der Waals surface area contributed by atoms with Gasteiger partial charge < -0.3 is 4.74 Å². The molecule has 0 N–H and O–H groups in total. The smallest absolute Gasteiger partial charge is 0.151 e. The summed E-state index contributed by atoms with van der Waals surface area (Å²) < 4.78 is 5.08. The maximum atomic E-state index is 11.8. The molecule has 17 heavy (non-hydrogen) atoms. The van der Waals surface area contributed by atoms with E-state index in [1.807, 2.05) is 24.3 Å². The molecule has 1 aromatic rings. The van der Waals surface area contributed by atoms with Crippen molar-refractivity contribution in [2.45, 2.75) is 20.3 Å². The second-order valence-electron chi connectivity index (χ2n) is 4.02. The monoisotopic (exact) mass is 235 g/mol. The van der Waals surface area contributed by atoms with E-state index in [-0.39, 0.29) is 5.78 Å². The third-order valence-corrected chi connectivity index (χ3v) is 2.85. The van der Waals surface area contributed by atoms with Gasteiger partial charge in [-0.25, -0.2) is 0 Å². The van der Waals surface area contributed by atoms with Gasteiger partial charge in [0.15, 0.2) is 5.78 Å². The molecule has 0 fully saturated rings. The minimum absolute atomic E-state index is 0.263. The van der Waals surface area contributed by atoms with Crippen LogP contribution in [-0.2, 0) is 11.2 Å². The largest absolute Gasteiger partial charge is 0.497 e. The molecule has 0 saturated heterocycles. The Morgan fingerprint density at radius 2 is 1.76 bits per heavy atom. The minimum Gasteiger partial charge on any atom is -0.497 e. The molecule has 0 amide bonds. The highest BCUT2D eigenvalue weighted by atomic mass is 16.5. The summed E-state index contributed by atoms with van der Waals surface area (Å²) in [5.41, 5.74) is 1.04. The molecule has 0 atom stereocenters. The van der Waals surface area contributed by atoms with Gasteiger partial charge in [0, 0.05) is 6.42 Å². The van der Waals surface area contributed by atoms with Crippen molar-refractivity contribution in [3.8, 4) is 5.75 Å². The lowest BCUT2D eigenvalue weighted by molar-refractivity contribution is -0.119. The molecule has 0 aliphatic rings. The zero-order chi connectivity index (χ0) is 12.7. The van der Waals surface area contributed by atoms with Crippen LogP contribution < -0.4 is 4.74 Å². The Hall–Kier alpha value is -1.35. The molecule has 0 radical (unpaired) electrons. The number of ketones is 1. The molecule has 0 aliphatic heterocycles. The van der Waals surface area contributed by atoms with Gasteiger partial charge in [0.2, 0.25) is 0 Å². The van der Waals surface area contributed by atoms with Gasteiger partial charge in [-0.2, -0.15) is 0 Å². The molecule has 94 valence electrons. The van der Waals surface area contributed by atoms with Crippen LogP contribution in [0.5, 0.6) is 5.75 Å². The third-order valence-electron chi connectivity index (χ3n) is 2.85. The number of Topliss-reactive ketones (excluding diaryl/α,β-unsaturated/α-hetero) is 1. The van der Waals surface area contributed by atoms with Crippen LogP contribution in [0.25, 0.3) is 0 Å². The van der Waals surface area contributed by atoms with Crippen LogP contribution in [0.3, 0.4) is 0 Å². The van der Waals surface area contributed by atoms with E-state index in [1.165, 1.54) is 0 Å². The number of likely N-dealkylation sites (N-methyl/N-ethyl adjacent to an activating group) is 1. The molecule has 0 heterocycles. The van der Waals surface area contributed by atoms with Crippen LogP contribution in [0.2, 0.25) is 0 Å². The van der Waals surface area contributed by atoms with Crippen molar-refractivity contribution in [3.05, 3.63) is 29.8 Å². The molecular formula is C14H21NO2. The second-order valence-corrected chi connectivity index (χ2v) is 4.02. The molecule has 3 nitrogen and oxygen atoms in total. The summed E-state index contributed by atoms with van der Waals surface area (Å²) in [6.07, 6.45) is 0.500. The molecule has 0 unspecified atom stereocenters. The topological polar surface area (TPSA) is 29.5 Å². The zero-order valence-corrected chi connectivity index (χ0v) is 10.9. The van der Waals surface area contributed by atoms with E-state index in [0.29, 0.717) is 13.0 Å². The molecule has 0 bridgehead atoms. The summed E-state index contributed by atoms with van der Waals surface area (Å²) in [5.74, 6) is 1.09. The predicted octanol–water partition coefficient (Wildman–Crippen LogP) is 2.15. The number of carbonyl (C=O) groups excluding carboxylic acids is 1. The van der Waals surface area contributed by atoms with Crippen molar-refractivity contribution >= 4 is 5.78 Å². The Balaban J connectivity index is 2.49. The Kier molecular flexibility index (Phi) is 5.70. The summed E-state index contributed by atoms with van der Waals surface area (Å²) in [6, 6.07) is 7.66. The second kappa shape index (κ2) is 7.07. The SMILES string of the molecule is CCN(CC)CC(=O)Cc1ccc(OC)cc1. The van der Waals surface area contributed by atoms with Gasteiger partial charge in [-0.3, -0.25) is 9.69 Å². The van der Waals surface area contributed by atoms with Crippen LogP contribution in [0, 0.1) is 0 Å². The van der Waals surface area contributed by atoms with Crippen LogP contribution in [0.15, 0.2) is 24.3 Å². The molecule has 3 heteroatoms. The molecule has 0 aromatic heterocycles. The van der Waals surface area contributed by atoms with Crippen molar-refractivity contribution in [2.24, 2.45) is 0 Å². The molecule has 0 aliphatic carbocycles. The first kappa shape index (κ1) is 13.7. The number of rotatable bonds is 7. The molecule has 0 saturated carbocycles. The number of carbonyl (C=O) groups is 1. The minimum atomic E-state index is 0.263. The van der Waals surface area contributed by atoms with Crippen molar-refractivity contribution in [2.75, 3.05) is 26.7 Å². The average Bonchev–Trinajstić information content (AvgIpc) is 2.37. The lowest BCUT2D eigenvalue weighted by Gasteiger charge is -2.16. The van der Waals surface area contributed by atoms with E-state index < -0.39 is 0 Å². The van der Waals surface area contributed by atoms with Gasteiger partial charge in [-0.05, 0) is 30.8 Å². The first-order chi connectivity index (χ1) is 8.19. The predicted molar refractivity (Wildman–Crippen MR) is 69.5 cm³/mol. The number of nitrogens with zero attached hydrogens (tertiary/aromatic N) is 1. The van der Waals surface area contributed by atoms with Crippen molar-refractivity contribution in [1.82, 2.24) is 4.90 Å². The molecule has 1 rings (SSSR count). The van der Waals surface area contributed by atoms with Crippen molar-refractivity contribution < 1.29 is 9.53 Å². The number of hydrogen-bond donors (Lipinski definition) is 0. The van der Waals surface area contributed by atoms with Crippen LogP contribution in [-0.4, -0.2) is 37.4 Å². The summed E-state index contributed by atoms with van der Waals surface area (Å²) >= 11 is 0. The zero-order valence-electron chi connectivity index (χ0n) is 10.9. The number of ether oxygens (including phenoxy) is 1. The van der Waals surface area contributed by atoms with Gasteiger partial charge in [-0.1, -0.05) is 26.0 Å². The van der Waals surface area contributed by atoms with Crippen LogP contribution >= 0.6 is 0 Å². The van der Waals surface area contributed by atoms with Gasteiger partial charge in [0.1, 0.15) is 5.75 Å². The fraction of sp³-hybridized carbons (Fsp3) is 0.500. The van der Waals surface area contributed by atoms with Crippen LogP contribution in [0.1, 0.15) is 19.4 Å².